The Morgan fingerprint density at radius 2 is 1.96 bits per heavy atom. The average Bonchev–Trinajstić information content (AvgIpc) is 2.62. The van der Waals surface area contributed by atoms with Crippen LogP contribution in [0.5, 0.6) is 0 Å². The van der Waals surface area contributed by atoms with Crippen molar-refractivity contribution in [2.45, 2.75) is 18.7 Å². The molecule has 0 aliphatic heterocycles. The minimum absolute atomic E-state index is 0.330. The first-order valence-corrected chi connectivity index (χ1v) is 9.50. The van der Waals surface area contributed by atoms with E-state index in [1.165, 1.54) is 4.90 Å². The number of carbonyl (C=O) groups is 1. The highest BCUT2D eigenvalue weighted by atomic mass is 32.2. The number of ether oxygens (including phenoxy) is 1. The second-order valence-corrected chi connectivity index (χ2v) is 6.87. The molecule has 0 bridgehead atoms. The minimum Gasteiger partial charge on any atom is -0.462 e. The molecule has 0 amide bonds. The van der Waals surface area contributed by atoms with Crippen molar-refractivity contribution in [1.29, 1.82) is 0 Å². The summed E-state index contributed by atoms with van der Waals surface area (Å²) in [6, 6.07) is 15.6. The van der Waals surface area contributed by atoms with Crippen molar-refractivity contribution in [3.05, 3.63) is 59.7 Å². The zero-order valence-electron chi connectivity index (χ0n) is 14.4. The Kier molecular flexibility index (Phi) is 7.76. The number of hydrogen-bond acceptors (Lipinski definition) is 4. The number of esters is 1. The smallest absolute Gasteiger partial charge is 0.338 e. The lowest BCUT2D eigenvalue weighted by atomic mass is 10.1. The summed E-state index contributed by atoms with van der Waals surface area (Å²) in [4.78, 5) is 13.1. The highest BCUT2D eigenvalue weighted by molar-refractivity contribution is 7.99. The maximum Gasteiger partial charge on any atom is 0.338 e. The first kappa shape index (κ1) is 19.3. The molecule has 132 valence electrons. The Hall–Kier alpha value is -2.05. The average molecular weight is 375 g/mol. The van der Waals surface area contributed by atoms with Gasteiger partial charge in [0.1, 0.15) is 0 Å². The number of aryl methyl sites for hydroxylation is 1. The van der Waals surface area contributed by atoms with E-state index in [1.54, 1.807) is 30.8 Å². The predicted molar refractivity (Wildman–Crippen MR) is 109 cm³/mol. The van der Waals surface area contributed by atoms with Gasteiger partial charge in [-0.3, -0.25) is 0 Å². The van der Waals surface area contributed by atoms with Crippen LogP contribution in [0, 0.1) is 6.92 Å². The van der Waals surface area contributed by atoms with Crippen LogP contribution < -0.4 is 10.6 Å². The summed E-state index contributed by atoms with van der Waals surface area (Å²) in [7, 11) is 0. The monoisotopic (exact) mass is 374 g/mol. The molecule has 2 rings (SSSR count). The van der Waals surface area contributed by atoms with E-state index in [2.05, 4.69) is 22.8 Å². The molecule has 0 aliphatic carbocycles. The van der Waals surface area contributed by atoms with Crippen molar-refractivity contribution >= 4 is 40.7 Å². The fraction of sp³-hybridized carbons (Fsp3) is 0.263. The minimum atomic E-state index is -0.330. The van der Waals surface area contributed by atoms with Crippen molar-refractivity contribution in [2.24, 2.45) is 0 Å². The van der Waals surface area contributed by atoms with Gasteiger partial charge in [-0.05, 0) is 55.9 Å². The van der Waals surface area contributed by atoms with Crippen LogP contribution in [0.15, 0.2) is 53.4 Å². The summed E-state index contributed by atoms with van der Waals surface area (Å²) in [5, 5.41) is 6.87. The van der Waals surface area contributed by atoms with E-state index in [-0.39, 0.29) is 5.97 Å². The largest absolute Gasteiger partial charge is 0.462 e. The van der Waals surface area contributed by atoms with Crippen LogP contribution in [0.2, 0.25) is 0 Å². The molecule has 0 fully saturated rings. The normalized spacial score (nSPS) is 10.2. The van der Waals surface area contributed by atoms with Gasteiger partial charge < -0.3 is 15.4 Å². The molecule has 0 heterocycles. The van der Waals surface area contributed by atoms with Crippen LogP contribution in [0.1, 0.15) is 22.8 Å². The molecule has 0 unspecified atom stereocenters. The summed E-state index contributed by atoms with van der Waals surface area (Å²) in [6.07, 6.45) is 0. The molecule has 2 N–H and O–H groups in total. The van der Waals surface area contributed by atoms with Gasteiger partial charge >= 0.3 is 5.97 Å². The summed E-state index contributed by atoms with van der Waals surface area (Å²) < 4.78 is 5.03. The second kappa shape index (κ2) is 10.1. The van der Waals surface area contributed by atoms with Crippen molar-refractivity contribution in [2.75, 3.05) is 24.2 Å². The van der Waals surface area contributed by atoms with Crippen LogP contribution in [0.4, 0.5) is 5.69 Å². The molecule has 2 aromatic carbocycles. The van der Waals surface area contributed by atoms with E-state index in [0.29, 0.717) is 17.3 Å². The molecular weight excluding hydrogens is 352 g/mol. The summed E-state index contributed by atoms with van der Waals surface area (Å²) in [6.45, 7) is 4.86. The van der Waals surface area contributed by atoms with Crippen LogP contribution in [-0.2, 0) is 4.74 Å². The number of hydrogen-bond donors (Lipinski definition) is 2. The van der Waals surface area contributed by atoms with E-state index in [4.69, 9.17) is 17.0 Å². The maximum absolute atomic E-state index is 11.8. The molecule has 0 radical (unpaired) electrons. The van der Waals surface area contributed by atoms with Gasteiger partial charge in [-0.15, -0.1) is 11.8 Å². The molecule has 0 aromatic heterocycles. The number of rotatable bonds is 7. The zero-order chi connectivity index (χ0) is 18.1. The standard InChI is InChI=1S/C19H22N2O2S2/c1-3-23-18(22)15-10-9-14(2)17(13-15)21-19(24)20-11-12-25-16-7-5-4-6-8-16/h4-10,13H,3,11-12H2,1-2H3,(H2,20,21,24). The van der Waals surface area contributed by atoms with Gasteiger partial charge in [-0.25, -0.2) is 4.79 Å². The summed E-state index contributed by atoms with van der Waals surface area (Å²) in [5.74, 6) is 0.580. The first-order valence-electron chi connectivity index (χ1n) is 8.10. The Labute approximate surface area is 158 Å². The van der Waals surface area contributed by atoms with Crippen molar-refractivity contribution in [3.63, 3.8) is 0 Å². The van der Waals surface area contributed by atoms with Gasteiger partial charge in [-0.1, -0.05) is 24.3 Å². The quantitative estimate of drug-likeness (QED) is 0.327. The molecule has 0 atom stereocenters. The molecular formula is C19H22N2O2S2. The van der Waals surface area contributed by atoms with E-state index in [0.717, 1.165) is 23.5 Å². The van der Waals surface area contributed by atoms with E-state index >= 15 is 0 Å². The molecule has 0 aliphatic rings. The lowest BCUT2D eigenvalue weighted by Crippen LogP contribution is -2.30. The fourth-order valence-electron chi connectivity index (χ4n) is 2.11. The topological polar surface area (TPSA) is 50.4 Å². The number of thiocarbonyl (C=S) groups is 1. The van der Waals surface area contributed by atoms with Gasteiger partial charge in [0, 0.05) is 22.9 Å². The molecule has 4 nitrogen and oxygen atoms in total. The van der Waals surface area contributed by atoms with Crippen molar-refractivity contribution in [3.8, 4) is 0 Å². The van der Waals surface area contributed by atoms with E-state index in [9.17, 15) is 4.79 Å². The lowest BCUT2D eigenvalue weighted by molar-refractivity contribution is 0.0526. The highest BCUT2D eigenvalue weighted by Crippen LogP contribution is 2.18. The Morgan fingerprint density at radius 3 is 2.68 bits per heavy atom. The highest BCUT2D eigenvalue weighted by Gasteiger charge is 2.09. The van der Waals surface area contributed by atoms with Gasteiger partial charge in [0.15, 0.2) is 5.11 Å². The van der Waals surface area contributed by atoms with Crippen LogP contribution >= 0.6 is 24.0 Å². The lowest BCUT2D eigenvalue weighted by Gasteiger charge is -2.13. The summed E-state index contributed by atoms with van der Waals surface area (Å²) in [5.41, 5.74) is 2.33. The van der Waals surface area contributed by atoms with Gasteiger partial charge in [0.2, 0.25) is 0 Å². The number of carbonyl (C=O) groups excluding carboxylic acids is 1. The van der Waals surface area contributed by atoms with Crippen LogP contribution in [0.3, 0.4) is 0 Å². The van der Waals surface area contributed by atoms with Crippen molar-refractivity contribution < 1.29 is 9.53 Å². The Balaban J connectivity index is 1.83. The fourth-order valence-corrected chi connectivity index (χ4v) is 3.12. The number of nitrogens with one attached hydrogen (secondary N) is 2. The molecule has 25 heavy (non-hydrogen) atoms. The third-order valence-electron chi connectivity index (χ3n) is 3.40. The second-order valence-electron chi connectivity index (χ2n) is 5.29. The van der Waals surface area contributed by atoms with Crippen molar-refractivity contribution in [1.82, 2.24) is 5.32 Å². The van der Waals surface area contributed by atoms with Gasteiger partial charge in [0.05, 0.1) is 12.2 Å². The molecule has 0 saturated carbocycles. The maximum atomic E-state index is 11.8. The van der Waals surface area contributed by atoms with Gasteiger partial charge in [-0.2, -0.15) is 0 Å². The molecule has 0 saturated heterocycles. The Morgan fingerprint density at radius 1 is 1.20 bits per heavy atom. The third kappa shape index (κ3) is 6.40. The SMILES string of the molecule is CCOC(=O)c1ccc(C)c(NC(=S)NCCSc2ccccc2)c1. The van der Waals surface area contributed by atoms with Crippen LogP contribution in [0.25, 0.3) is 0 Å². The first-order chi connectivity index (χ1) is 12.1. The zero-order valence-corrected chi connectivity index (χ0v) is 16.0. The van der Waals surface area contributed by atoms with E-state index < -0.39 is 0 Å². The Bertz CT molecular complexity index is 721. The van der Waals surface area contributed by atoms with Gasteiger partial charge in [0.25, 0.3) is 0 Å². The summed E-state index contributed by atoms with van der Waals surface area (Å²) >= 11 is 7.11. The molecule has 0 spiro atoms. The molecule has 2 aromatic rings. The van der Waals surface area contributed by atoms with E-state index in [1.807, 2.05) is 31.2 Å². The predicted octanol–water partition coefficient (Wildman–Crippen LogP) is 4.25. The number of anilines is 1. The third-order valence-corrected chi connectivity index (χ3v) is 4.66. The number of benzene rings is 2. The number of thioether (sulfide) groups is 1. The van der Waals surface area contributed by atoms with Crippen LogP contribution in [-0.4, -0.2) is 30.0 Å². The molecule has 6 heteroatoms.